The van der Waals surface area contributed by atoms with Crippen molar-refractivity contribution in [2.75, 3.05) is 0 Å². The smallest absolute Gasteiger partial charge is 0.433 e. The second-order valence-corrected chi connectivity index (χ2v) is 6.72. The second-order valence-electron chi connectivity index (χ2n) is 5.20. The van der Waals surface area contributed by atoms with E-state index in [2.05, 4.69) is 9.97 Å². The first kappa shape index (κ1) is 17.7. The zero-order valence-corrected chi connectivity index (χ0v) is 14.5. The lowest BCUT2D eigenvalue weighted by atomic mass is 10.2. The lowest BCUT2D eigenvalue weighted by Gasteiger charge is -2.05. The SMILES string of the molecule is Cc1nc(-c2ccc(C(F)(F)F)nc2)sc1COc1cccc(Cl)c1. The summed E-state index contributed by atoms with van der Waals surface area (Å²) in [5.41, 5.74) is 0.381. The number of ether oxygens (including phenoxy) is 1. The van der Waals surface area contributed by atoms with Gasteiger partial charge in [-0.2, -0.15) is 13.2 Å². The number of pyridine rings is 1. The molecule has 0 saturated heterocycles. The van der Waals surface area contributed by atoms with E-state index in [4.69, 9.17) is 16.3 Å². The van der Waals surface area contributed by atoms with E-state index in [1.165, 1.54) is 23.6 Å². The summed E-state index contributed by atoms with van der Waals surface area (Å²) in [5.74, 6) is 0.637. The summed E-state index contributed by atoms with van der Waals surface area (Å²) >= 11 is 7.27. The van der Waals surface area contributed by atoms with Gasteiger partial charge < -0.3 is 4.74 Å². The number of hydrogen-bond acceptors (Lipinski definition) is 4. The Balaban J connectivity index is 1.76. The Morgan fingerprint density at radius 1 is 1.20 bits per heavy atom. The molecule has 2 heterocycles. The van der Waals surface area contributed by atoms with Gasteiger partial charge in [0, 0.05) is 16.8 Å². The molecule has 130 valence electrons. The van der Waals surface area contributed by atoms with E-state index in [0.29, 0.717) is 28.0 Å². The van der Waals surface area contributed by atoms with Crippen LogP contribution < -0.4 is 4.74 Å². The normalized spacial score (nSPS) is 11.6. The van der Waals surface area contributed by atoms with Crippen LogP contribution in [-0.2, 0) is 12.8 Å². The molecule has 8 heteroatoms. The topological polar surface area (TPSA) is 35.0 Å². The fourth-order valence-corrected chi connectivity index (χ4v) is 3.23. The minimum atomic E-state index is -4.45. The van der Waals surface area contributed by atoms with Crippen LogP contribution in [0.5, 0.6) is 5.75 Å². The molecule has 2 aromatic heterocycles. The maximum atomic E-state index is 12.6. The number of alkyl halides is 3. The molecule has 0 radical (unpaired) electrons. The van der Waals surface area contributed by atoms with Crippen LogP contribution in [0.1, 0.15) is 16.3 Å². The molecule has 0 unspecified atom stereocenters. The average molecular weight is 385 g/mol. The number of rotatable bonds is 4. The van der Waals surface area contributed by atoms with Gasteiger partial charge in [0.05, 0.1) is 10.6 Å². The molecule has 0 atom stereocenters. The second kappa shape index (κ2) is 7.01. The van der Waals surface area contributed by atoms with Crippen molar-refractivity contribution in [3.63, 3.8) is 0 Å². The molecule has 0 saturated carbocycles. The predicted molar refractivity (Wildman–Crippen MR) is 90.9 cm³/mol. The van der Waals surface area contributed by atoms with Crippen LogP contribution in [0.25, 0.3) is 10.6 Å². The monoisotopic (exact) mass is 384 g/mol. The Labute approximate surface area is 151 Å². The molecule has 0 fully saturated rings. The number of thiazole rings is 1. The highest BCUT2D eigenvalue weighted by molar-refractivity contribution is 7.15. The van der Waals surface area contributed by atoms with Crippen molar-refractivity contribution in [2.24, 2.45) is 0 Å². The van der Waals surface area contributed by atoms with E-state index in [1.54, 1.807) is 24.3 Å². The third-order valence-electron chi connectivity index (χ3n) is 3.36. The molecule has 0 amide bonds. The van der Waals surface area contributed by atoms with Crippen molar-refractivity contribution in [3.8, 4) is 16.3 Å². The molecule has 3 rings (SSSR count). The van der Waals surface area contributed by atoms with Crippen molar-refractivity contribution in [1.82, 2.24) is 9.97 Å². The number of hydrogen-bond donors (Lipinski definition) is 0. The highest BCUT2D eigenvalue weighted by atomic mass is 35.5. The van der Waals surface area contributed by atoms with Crippen molar-refractivity contribution in [3.05, 3.63) is 63.9 Å². The molecule has 1 aromatic carbocycles. The first-order valence-electron chi connectivity index (χ1n) is 7.21. The summed E-state index contributed by atoms with van der Waals surface area (Å²) in [6.45, 7) is 2.13. The zero-order chi connectivity index (χ0) is 18.0. The summed E-state index contributed by atoms with van der Waals surface area (Å²) in [6.07, 6.45) is -3.27. The molecule has 3 nitrogen and oxygen atoms in total. The summed E-state index contributed by atoms with van der Waals surface area (Å²) in [6, 6.07) is 9.37. The van der Waals surface area contributed by atoms with Gasteiger partial charge in [-0.3, -0.25) is 4.98 Å². The highest BCUT2D eigenvalue weighted by Crippen LogP contribution is 2.32. The van der Waals surface area contributed by atoms with Crippen LogP contribution in [0.15, 0.2) is 42.6 Å². The molecule has 3 aromatic rings. The lowest BCUT2D eigenvalue weighted by molar-refractivity contribution is -0.141. The number of benzene rings is 1. The van der Waals surface area contributed by atoms with Gasteiger partial charge in [-0.15, -0.1) is 11.3 Å². The fraction of sp³-hybridized carbons (Fsp3) is 0.176. The van der Waals surface area contributed by atoms with Gasteiger partial charge in [-0.05, 0) is 37.3 Å². The lowest BCUT2D eigenvalue weighted by Crippen LogP contribution is -2.07. The number of aromatic nitrogens is 2. The third-order valence-corrected chi connectivity index (χ3v) is 4.77. The Morgan fingerprint density at radius 3 is 2.64 bits per heavy atom. The first-order valence-corrected chi connectivity index (χ1v) is 8.40. The van der Waals surface area contributed by atoms with Crippen LogP contribution in [0.3, 0.4) is 0 Å². The summed E-state index contributed by atoms with van der Waals surface area (Å²) < 4.78 is 43.4. The quantitative estimate of drug-likeness (QED) is 0.573. The number of halogens is 4. The van der Waals surface area contributed by atoms with Crippen LogP contribution in [0.4, 0.5) is 13.2 Å². The van der Waals surface area contributed by atoms with Gasteiger partial charge in [-0.1, -0.05) is 17.7 Å². The Bertz CT molecular complexity index is 878. The maximum Gasteiger partial charge on any atom is 0.433 e. The standard InChI is InChI=1S/C17H12ClF3N2OS/c1-10-14(9-24-13-4-2-3-12(18)7-13)25-16(23-10)11-5-6-15(22-8-11)17(19,20)21/h2-8H,9H2,1H3. The maximum absolute atomic E-state index is 12.6. The summed E-state index contributed by atoms with van der Waals surface area (Å²) in [5, 5.41) is 1.18. The average Bonchev–Trinajstić information content (AvgIpc) is 2.93. The van der Waals surface area contributed by atoms with Gasteiger partial charge >= 0.3 is 6.18 Å². The fourth-order valence-electron chi connectivity index (χ4n) is 2.08. The minimum Gasteiger partial charge on any atom is -0.488 e. The van der Waals surface area contributed by atoms with Gasteiger partial charge in [0.25, 0.3) is 0 Å². The molecule has 0 aliphatic heterocycles. The van der Waals surface area contributed by atoms with E-state index >= 15 is 0 Å². The minimum absolute atomic E-state index is 0.303. The first-order chi connectivity index (χ1) is 11.8. The van der Waals surface area contributed by atoms with Crippen LogP contribution in [0, 0.1) is 6.92 Å². The Morgan fingerprint density at radius 2 is 2.00 bits per heavy atom. The molecule has 25 heavy (non-hydrogen) atoms. The Hall–Kier alpha value is -2.12. The molecular weight excluding hydrogens is 373 g/mol. The van der Waals surface area contributed by atoms with E-state index in [0.717, 1.165) is 16.6 Å². The van der Waals surface area contributed by atoms with Crippen LogP contribution in [-0.4, -0.2) is 9.97 Å². The molecule has 0 bridgehead atoms. The van der Waals surface area contributed by atoms with Crippen LogP contribution in [0.2, 0.25) is 5.02 Å². The molecule has 0 spiro atoms. The number of aryl methyl sites for hydroxylation is 1. The zero-order valence-electron chi connectivity index (χ0n) is 13.0. The molecular formula is C17H12ClF3N2OS. The van der Waals surface area contributed by atoms with Gasteiger partial charge in [0.15, 0.2) is 0 Å². The van der Waals surface area contributed by atoms with Crippen molar-refractivity contribution >= 4 is 22.9 Å². The molecule has 0 N–H and O–H groups in total. The van der Waals surface area contributed by atoms with Gasteiger partial charge in [0.1, 0.15) is 23.1 Å². The molecule has 0 aliphatic carbocycles. The van der Waals surface area contributed by atoms with Gasteiger partial charge in [-0.25, -0.2) is 4.98 Å². The van der Waals surface area contributed by atoms with E-state index in [-0.39, 0.29) is 0 Å². The van der Waals surface area contributed by atoms with Crippen molar-refractivity contribution in [1.29, 1.82) is 0 Å². The van der Waals surface area contributed by atoms with E-state index in [9.17, 15) is 13.2 Å². The van der Waals surface area contributed by atoms with Crippen molar-refractivity contribution in [2.45, 2.75) is 19.7 Å². The van der Waals surface area contributed by atoms with Crippen LogP contribution >= 0.6 is 22.9 Å². The predicted octanol–water partition coefficient (Wildman–Crippen LogP) is 5.76. The summed E-state index contributed by atoms with van der Waals surface area (Å²) in [4.78, 5) is 8.74. The number of nitrogens with zero attached hydrogens (tertiary/aromatic N) is 2. The summed E-state index contributed by atoms with van der Waals surface area (Å²) in [7, 11) is 0. The third kappa shape index (κ3) is 4.29. The van der Waals surface area contributed by atoms with Crippen molar-refractivity contribution < 1.29 is 17.9 Å². The Kier molecular flexibility index (Phi) is 4.96. The molecule has 0 aliphatic rings. The highest BCUT2D eigenvalue weighted by Gasteiger charge is 2.32. The van der Waals surface area contributed by atoms with Gasteiger partial charge in [0.2, 0.25) is 0 Å². The van der Waals surface area contributed by atoms with E-state index in [1.807, 2.05) is 6.92 Å². The van der Waals surface area contributed by atoms with E-state index < -0.39 is 11.9 Å². The largest absolute Gasteiger partial charge is 0.488 e.